The predicted molar refractivity (Wildman–Crippen MR) is 80.5 cm³/mol. The second-order valence-electron chi connectivity index (χ2n) is 4.92. The van der Waals surface area contributed by atoms with Crippen LogP contribution in [0.4, 0.5) is 0 Å². The molecule has 0 fully saturated rings. The molecular formula is C16H11N3O4. The first kappa shape index (κ1) is 13.3. The van der Waals surface area contributed by atoms with Crippen LogP contribution in [0.25, 0.3) is 16.6 Å². The molecule has 4 aromatic rings. The largest absolute Gasteiger partial charge is 0.486 e. The van der Waals surface area contributed by atoms with Gasteiger partial charge in [-0.1, -0.05) is 30.3 Å². The van der Waals surface area contributed by atoms with E-state index in [0.717, 1.165) is 5.56 Å². The van der Waals surface area contributed by atoms with E-state index in [2.05, 4.69) is 10.1 Å². The molecule has 0 radical (unpaired) electrons. The molecule has 0 saturated carbocycles. The molecule has 0 aliphatic rings. The minimum atomic E-state index is -1.15. The number of aromatic nitrogens is 3. The lowest BCUT2D eigenvalue weighted by atomic mass is 10.2. The number of fused-ring (bicyclic) bond motifs is 3. The molecule has 1 N–H and O–H groups in total. The molecule has 0 aliphatic heterocycles. The van der Waals surface area contributed by atoms with Crippen molar-refractivity contribution < 1.29 is 19.1 Å². The van der Waals surface area contributed by atoms with Crippen LogP contribution in [0, 0.1) is 0 Å². The molecule has 0 bridgehead atoms. The van der Waals surface area contributed by atoms with Crippen molar-refractivity contribution in [3.8, 4) is 5.75 Å². The Morgan fingerprint density at radius 2 is 2.09 bits per heavy atom. The fourth-order valence-corrected chi connectivity index (χ4v) is 2.51. The molecule has 0 spiro atoms. The van der Waals surface area contributed by atoms with Gasteiger partial charge in [-0.2, -0.15) is 9.61 Å². The van der Waals surface area contributed by atoms with Crippen LogP contribution in [-0.2, 0) is 6.61 Å². The zero-order chi connectivity index (χ0) is 15.8. The Labute approximate surface area is 129 Å². The molecule has 114 valence electrons. The number of carboxylic acids is 1. The fraction of sp³-hybridized carbons (Fsp3) is 0.0625. The number of carboxylic acid groups (broad SMARTS) is 1. The van der Waals surface area contributed by atoms with Crippen molar-refractivity contribution in [3.63, 3.8) is 0 Å². The zero-order valence-electron chi connectivity index (χ0n) is 11.8. The summed E-state index contributed by atoms with van der Waals surface area (Å²) in [6, 6.07) is 11.2. The van der Waals surface area contributed by atoms with E-state index in [9.17, 15) is 9.90 Å². The van der Waals surface area contributed by atoms with Crippen LogP contribution < -0.4 is 4.74 Å². The molecule has 23 heavy (non-hydrogen) atoms. The van der Waals surface area contributed by atoms with Gasteiger partial charge >= 0.3 is 5.97 Å². The lowest BCUT2D eigenvalue weighted by Gasteiger charge is -2.11. The lowest BCUT2D eigenvalue weighted by molar-refractivity contribution is 0.0682. The van der Waals surface area contributed by atoms with Gasteiger partial charge in [0.1, 0.15) is 12.9 Å². The van der Waals surface area contributed by atoms with Crippen LogP contribution in [-0.4, -0.2) is 25.7 Å². The first-order valence-electron chi connectivity index (χ1n) is 6.88. The topological polar surface area (TPSA) is 89.9 Å². The number of rotatable bonds is 4. The quantitative estimate of drug-likeness (QED) is 0.623. The van der Waals surface area contributed by atoms with Crippen molar-refractivity contribution in [2.75, 3.05) is 0 Å². The summed E-state index contributed by atoms with van der Waals surface area (Å²) in [5, 5.41) is 14.1. The van der Waals surface area contributed by atoms with Crippen molar-refractivity contribution in [1.82, 2.24) is 14.6 Å². The van der Waals surface area contributed by atoms with E-state index in [4.69, 9.17) is 9.15 Å². The summed E-state index contributed by atoms with van der Waals surface area (Å²) in [4.78, 5) is 15.8. The number of ether oxygens (including phenoxy) is 1. The Morgan fingerprint density at radius 3 is 2.87 bits per heavy atom. The van der Waals surface area contributed by atoms with Gasteiger partial charge in [0.15, 0.2) is 22.7 Å². The summed E-state index contributed by atoms with van der Waals surface area (Å²) in [7, 11) is 0. The van der Waals surface area contributed by atoms with Crippen LogP contribution in [0.3, 0.4) is 0 Å². The first-order valence-corrected chi connectivity index (χ1v) is 6.88. The highest BCUT2D eigenvalue weighted by atomic mass is 16.5. The van der Waals surface area contributed by atoms with Gasteiger partial charge in [0.25, 0.3) is 0 Å². The number of hydrogen-bond acceptors (Lipinski definition) is 5. The SMILES string of the molecule is O=C(O)c1c(OCc2ccccc2)c2ccoc2c2ncnn12. The van der Waals surface area contributed by atoms with Gasteiger partial charge in [-0.15, -0.1) is 0 Å². The van der Waals surface area contributed by atoms with Crippen LogP contribution >= 0.6 is 0 Å². The van der Waals surface area contributed by atoms with Crippen LogP contribution in [0.15, 0.2) is 53.4 Å². The Bertz CT molecular complexity index is 1000. The third-order valence-electron chi connectivity index (χ3n) is 3.52. The molecule has 0 saturated heterocycles. The molecule has 7 heteroatoms. The van der Waals surface area contributed by atoms with Gasteiger partial charge in [-0.3, -0.25) is 0 Å². The molecule has 3 aromatic heterocycles. The van der Waals surface area contributed by atoms with Crippen molar-refractivity contribution in [3.05, 3.63) is 60.2 Å². The lowest BCUT2D eigenvalue weighted by Crippen LogP contribution is -2.11. The smallest absolute Gasteiger partial charge is 0.358 e. The number of aromatic carboxylic acids is 1. The normalized spacial score (nSPS) is 11.1. The molecule has 0 aliphatic carbocycles. The van der Waals surface area contributed by atoms with E-state index < -0.39 is 5.97 Å². The van der Waals surface area contributed by atoms with E-state index >= 15 is 0 Å². The second kappa shape index (κ2) is 5.13. The standard InChI is InChI=1S/C16H11N3O4/c20-16(21)12-13(23-8-10-4-2-1-3-5-10)11-6-7-22-14(11)15-17-9-18-19(12)15/h1-7,9H,8H2,(H,20,21). The van der Waals surface area contributed by atoms with Crippen molar-refractivity contribution in [2.24, 2.45) is 0 Å². The van der Waals surface area contributed by atoms with Gasteiger partial charge in [0.05, 0.1) is 11.6 Å². The minimum Gasteiger partial charge on any atom is -0.486 e. The number of nitrogens with zero attached hydrogens (tertiary/aromatic N) is 3. The van der Waals surface area contributed by atoms with E-state index in [1.54, 1.807) is 6.07 Å². The highest BCUT2D eigenvalue weighted by Crippen LogP contribution is 2.33. The fourth-order valence-electron chi connectivity index (χ4n) is 2.51. The summed E-state index contributed by atoms with van der Waals surface area (Å²) < 4.78 is 12.4. The summed E-state index contributed by atoms with van der Waals surface area (Å²) in [6.07, 6.45) is 2.76. The third-order valence-corrected chi connectivity index (χ3v) is 3.52. The van der Waals surface area contributed by atoms with Crippen molar-refractivity contribution in [2.45, 2.75) is 6.61 Å². The second-order valence-corrected chi connectivity index (χ2v) is 4.92. The third kappa shape index (κ3) is 2.10. The predicted octanol–water partition coefficient (Wildman–Crippen LogP) is 2.75. The molecule has 0 unspecified atom stereocenters. The Balaban J connectivity index is 1.90. The highest BCUT2D eigenvalue weighted by molar-refractivity contribution is 6.02. The summed E-state index contributed by atoms with van der Waals surface area (Å²) in [6.45, 7) is 0.238. The average molecular weight is 309 g/mol. The summed E-state index contributed by atoms with van der Waals surface area (Å²) in [5.41, 5.74) is 1.63. The number of furan rings is 1. The number of pyridine rings is 1. The Kier molecular flexibility index (Phi) is 2.97. The van der Waals surface area contributed by atoms with Crippen LogP contribution in [0.1, 0.15) is 16.1 Å². The highest BCUT2D eigenvalue weighted by Gasteiger charge is 2.24. The monoisotopic (exact) mass is 309 g/mol. The van der Waals surface area contributed by atoms with Crippen LogP contribution in [0.2, 0.25) is 0 Å². The van der Waals surface area contributed by atoms with Gasteiger partial charge in [-0.25, -0.2) is 9.78 Å². The Morgan fingerprint density at radius 1 is 1.26 bits per heavy atom. The first-order chi connectivity index (χ1) is 11.3. The Hall–Kier alpha value is -3.35. The molecule has 0 atom stereocenters. The number of benzene rings is 1. The molecule has 0 amide bonds. The maximum atomic E-state index is 11.7. The van der Waals surface area contributed by atoms with E-state index in [-0.39, 0.29) is 18.1 Å². The van der Waals surface area contributed by atoms with Crippen LogP contribution in [0.5, 0.6) is 5.75 Å². The molecule has 3 heterocycles. The van der Waals surface area contributed by atoms with Gasteiger partial charge in [0, 0.05) is 0 Å². The number of hydrogen-bond donors (Lipinski definition) is 1. The summed E-state index contributed by atoms with van der Waals surface area (Å²) in [5.74, 6) is -0.935. The molecule has 4 rings (SSSR count). The maximum absolute atomic E-state index is 11.7. The van der Waals surface area contributed by atoms with E-state index in [0.29, 0.717) is 16.6 Å². The average Bonchev–Trinajstić information content (AvgIpc) is 3.21. The maximum Gasteiger partial charge on any atom is 0.358 e. The van der Waals surface area contributed by atoms with Crippen molar-refractivity contribution >= 4 is 22.6 Å². The van der Waals surface area contributed by atoms with Gasteiger partial charge in [-0.05, 0) is 11.6 Å². The molecular weight excluding hydrogens is 298 g/mol. The number of carbonyl (C=O) groups is 1. The minimum absolute atomic E-state index is 0.0812. The molecule has 7 nitrogen and oxygen atoms in total. The van der Waals surface area contributed by atoms with E-state index in [1.807, 2.05) is 30.3 Å². The van der Waals surface area contributed by atoms with E-state index in [1.165, 1.54) is 17.1 Å². The summed E-state index contributed by atoms with van der Waals surface area (Å²) >= 11 is 0. The molecule has 1 aromatic carbocycles. The van der Waals surface area contributed by atoms with Gasteiger partial charge in [0.2, 0.25) is 0 Å². The van der Waals surface area contributed by atoms with Gasteiger partial charge < -0.3 is 14.3 Å². The zero-order valence-corrected chi connectivity index (χ0v) is 11.8. The van der Waals surface area contributed by atoms with Crippen molar-refractivity contribution in [1.29, 1.82) is 0 Å².